The number of hydrogen-bond donors (Lipinski definition) is 1. The summed E-state index contributed by atoms with van der Waals surface area (Å²) in [5.41, 5.74) is 0.304. The summed E-state index contributed by atoms with van der Waals surface area (Å²) in [5.74, 6) is -0.108. The molecule has 6 nitrogen and oxygen atoms in total. The molecule has 2 fully saturated rings. The average molecular weight is 392 g/mol. The number of urea groups is 1. The minimum Gasteiger partial charge on any atom is -0.339 e. The summed E-state index contributed by atoms with van der Waals surface area (Å²) < 4.78 is 0. The van der Waals surface area contributed by atoms with Crippen molar-refractivity contribution in [3.63, 3.8) is 0 Å². The lowest BCUT2D eigenvalue weighted by atomic mass is 9.98. The van der Waals surface area contributed by atoms with Crippen LogP contribution in [0.25, 0.3) is 0 Å². The van der Waals surface area contributed by atoms with Gasteiger partial charge in [-0.2, -0.15) is 0 Å². The molecule has 0 radical (unpaired) electrons. The molecule has 146 valence electrons. The Morgan fingerprint density at radius 3 is 2.70 bits per heavy atom. The van der Waals surface area contributed by atoms with Gasteiger partial charge in [0, 0.05) is 31.1 Å². The molecule has 27 heavy (non-hydrogen) atoms. The fourth-order valence-corrected chi connectivity index (χ4v) is 4.19. The number of carbonyl (C=O) groups is 3. The van der Waals surface area contributed by atoms with E-state index in [9.17, 15) is 14.4 Å². The number of amides is 4. The standard InChI is InChI=1S/C20H26ClN3O3/c1-2-23(14-15-7-5-8-16(21)13-15)17(25)9-6-12-24-18(26)20(22-19(24)27)10-3-4-11-20/h5,7-8,13H,2-4,6,9-12,14H2,1H3,(H,22,27). The number of rotatable bonds is 7. The molecule has 0 aromatic heterocycles. The molecular formula is C20H26ClN3O3. The molecule has 2 aliphatic rings. The Morgan fingerprint density at radius 2 is 2.04 bits per heavy atom. The predicted octanol–water partition coefficient (Wildman–Crippen LogP) is 3.33. The van der Waals surface area contributed by atoms with Gasteiger partial charge in [0.1, 0.15) is 5.54 Å². The Morgan fingerprint density at radius 1 is 1.30 bits per heavy atom. The lowest BCUT2D eigenvalue weighted by molar-refractivity contribution is -0.133. The predicted molar refractivity (Wildman–Crippen MR) is 103 cm³/mol. The van der Waals surface area contributed by atoms with Crippen LogP contribution >= 0.6 is 11.6 Å². The van der Waals surface area contributed by atoms with Gasteiger partial charge in [0.05, 0.1) is 0 Å². The number of halogens is 1. The first-order chi connectivity index (χ1) is 12.9. The minimum absolute atomic E-state index is 0.0140. The van der Waals surface area contributed by atoms with E-state index in [0.717, 1.165) is 31.2 Å². The maximum atomic E-state index is 12.6. The summed E-state index contributed by atoms with van der Waals surface area (Å²) in [5, 5.41) is 3.52. The maximum absolute atomic E-state index is 12.6. The van der Waals surface area contributed by atoms with E-state index in [0.29, 0.717) is 31.0 Å². The van der Waals surface area contributed by atoms with Crippen molar-refractivity contribution in [2.45, 2.75) is 57.5 Å². The molecule has 1 saturated carbocycles. The molecule has 1 saturated heterocycles. The molecule has 1 spiro atoms. The summed E-state index contributed by atoms with van der Waals surface area (Å²) in [6.45, 7) is 3.32. The second-order valence-corrected chi connectivity index (χ2v) is 7.75. The molecule has 4 amide bonds. The van der Waals surface area contributed by atoms with Gasteiger partial charge in [0.15, 0.2) is 0 Å². The molecule has 1 aromatic carbocycles. The molecule has 0 bridgehead atoms. The zero-order chi connectivity index (χ0) is 19.4. The Kier molecular flexibility index (Phi) is 6.05. The van der Waals surface area contributed by atoms with E-state index in [1.54, 1.807) is 11.0 Å². The number of hydrogen-bond acceptors (Lipinski definition) is 3. The highest BCUT2D eigenvalue weighted by Crippen LogP contribution is 2.35. The topological polar surface area (TPSA) is 69.7 Å². The van der Waals surface area contributed by atoms with Gasteiger partial charge in [0.25, 0.3) is 5.91 Å². The number of carbonyl (C=O) groups excluding carboxylic acids is 3. The second-order valence-electron chi connectivity index (χ2n) is 7.32. The van der Waals surface area contributed by atoms with Gasteiger partial charge in [-0.1, -0.05) is 36.6 Å². The van der Waals surface area contributed by atoms with Gasteiger partial charge in [-0.15, -0.1) is 0 Å². The third-order valence-corrected chi connectivity index (χ3v) is 5.71. The van der Waals surface area contributed by atoms with E-state index < -0.39 is 5.54 Å². The van der Waals surface area contributed by atoms with Crippen LogP contribution in [-0.4, -0.2) is 46.3 Å². The van der Waals surface area contributed by atoms with Crippen LogP contribution in [0, 0.1) is 0 Å². The first kappa shape index (κ1) is 19.7. The van der Waals surface area contributed by atoms with E-state index in [-0.39, 0.29) is 24.4 Å². The Hall–Kier alpha value is -2.08. The summed E-state index contributed by atoms with van der Waals surface area (Å²) >= 11 is 6.01. The summed E-state index contributed by atoms with van der Waals surface area (Å²) in [7, 11) is 0. The highest BCUT2D eigenvalue weighted by Gasteiger charge is 2.52. The van der Waals surface area contributed by atoms with Gasteiger partial charge >= 0.3 is 6.03 Å². The highest BCUT2D eigenvalue weighted by atomic mass is 35.5. The first-order valence-corrected chi connectivity index (χ1v) is 9.99. The van der Waals surface area contributed by atoms with Crippen molar-refractivity contribution in [2.75, 3.05) is 13.1 Å². The highest BCUT2D eigenvalue weighted by molar-refractivity contribution is 6.30. The van der Waals surface area contributed by atoms with Crippen molar-refractivity contribution in [1.82, 2.24) is 15.1 Å². The summed E-state index contributed by atoms with van der Waals surface area (Å²) in [4.78, 5) is 40.4. The van der Waals surface area contributed by atoms with Crippen molar-refractivity contribution in [3.8, 4) is 0 Å². The van der Waals surface area contributed by atoms with Crippen LogP contribution in [0.2, 0.25) is 5.02 Å². The molecular weight excluding hydrogens is 366 g/mol. The number of nitrogens with zero attached hydrogens (tertiary/aromatic N) is 2. The van der Waals surface area contributed by atoms with Crippen LogP contribution in [0.15, 0.2) is 24.3 Å². The monoisotopic (exact) mass is 391 g/mol. The Bertz CT molecular complexity index is 731. The van der Waals surface area contributed by atoms with Crippen LogP contribution in [0.5, 0.6) is 0 Å². The van der Waals surface area contributed by atoms with Crippen LogP contribution in [-0.2, 0) is 16.1 Å². The fraction of sp³-hybridized carbons (Fsp3) is 0.550. The van der Waals surface area contributed by atoms with Crippen LogP contribution in [0.1, 0.15) is 51.0 Å². The van der Waals surface area contributed by atoms with Crippen molar-refractivity contribution < 1.29 is 14.4 Å². The van der Waals surface area contributed by atoms with Crippen molar-refractivity contribution in [1.29, 1.82) is 0 Å². The van der Waals surface area contributed by atoms with Gasteiger partial charge < -0.3 is 10.2 Å². The third-order valence-electron chi connectivity index (χ3n) is 5.47. The smallest absolute Gasteiger partial charge is 0.325 e. The zero-order valence-electron chi connectivity index (χ0n) is 15.7. The van der Waals surface area contributed by atoms with Crippen molar-refractivity contribution in [3.05, 3.63) is 34.9 Å². The van der Waals surface area contributed by atoms with E-state index in [4.69, 9.17) is 11.6 Å². The van der Waals surface area contributed by atoms with E-state index in [1.165, 1.54) is 4.90 Å². The molecule has 0 atom stereocenters. The molecule has 1 aromatic rings. The molecule has 1 heterocycles. The summed E-state index contributed by atoms with van der Waals surface area (Å²) in [6, 6.07) is 7.15. The van der Waals surface area contributed by atoms with Gasteiger partial charge in [-0.3, -0.25) is 14.5 Å². The van der Waals surface area contributed by atoms with Crippen LogP contribution in [0.3, 0.4) is 0 Å². The minimum atomic E-state index is -0.677. The number of benzene rings is 1. The second kappa shape index (κ2) is 8.30. The molecule has 1 N–H and O–H groups in total. The molecule has 1 aliphatic heterocycles. The average Bonchev–Trinajstić information content (AvgIpc) is 3.20. The lowest BCUT2D eigenvalue weighted by Gasteiger charge is -2.22. The number of imide groups is 1. The Balaban J connectivity index is 1.51. The van der Waals surface area contributed by atoms with Crippen molar-refractivity contribution in [2.24, 2.45) is 0 Å². The van der Waals surface area contributed by atoms with Crippen molar-refractivity contribution >= 4 is 29.4 Å². The largest absolute Gasteiger partial charge is 0.339 e. The zero-order valence-corrected chi connectivity index (χ0v) is 16.4. The van der Waals surface area contributed by atoms with E-state index in [2.05, 4.69) is 5.32 Å². The molecule has 1 aliphatic carbocycles. The quantitative estimate of drug-likeness (QED) is 0.725. The SMILES string of the molecule is CCN(Cc1cccc(Cl)c1)C(=O)CCCN1C(=O)NC2(CCCC2)C1=O. The third kappa shape index (κ3) is 4.26. The van der Waals surface area contributed by atoms with E-state index >= 15 is 0 Å². The van der Waals surface area contributed by atoms with E-state index in [1.807, 2.05) is 25.1 Å². The fourth-order valence-electron chi connectivity index (χ4n) is 3.98. The van der Waals surface area contributed by atoms with Gasteiger partial charge in [0.2, 0.25) is 5.91 Å². The van der Waals surface area contributed by atoms with Gasteiger partial charge in [-0.25, -0.2) is 4.79 Å². The number of nitrogens with one attached hydrogen (secondary N) is 1. The lowest BCUT2D eigenvalue weighted by Crippen LogP contribution is -2.44. The molecule has 0 unspecified atom stereocenters. The Labute approximate surface area is 164 Å². The molecule has 7 heteroatoms. The van der Waals surface area contributed by atoms with Crippen LogP contribution in [0.4, 0.5) is 4.79 Å². The molecule has 3 rings (SSSR count). The summed E-state index contributed by atoms with van der Waals surface area (Å²) in [6.07, 6.45) is 4.14. The van der Waals surface area contributed by atoms with Gasteiger partial charge in [-0.05, 0) is 43.9 Å². The maximum Gasteiger partial charge on any atom is 0.325 e. The normalized spacial score (nSPS) is 18.2. The first-order valence-electron chi connectivity index (χ1n) is 9.61. The van der Waals surface area contributed by atoms with Crippen LogP contribution < -0.4 is 5.32 Å².